The second-order valence-electron chi connectivity index (χ2n) is 6.74. The molecule has 2 heterocycles. The van der Waals surface area contributed by atoms with E-state index in [1.165, 1.54) is 0 Å². The number of urea groups is 1. The van der Waals surface area contributed by atoms with Crippen LogP contribution in [0.3, 0.4) is 0 Å². The standard InChI is InChI=1S/C17H20Cl2N4O3/c1-17(15(25)20-16(26)21-17)3-2-14(24)23-6-4-22(5-7-23)13-9-11(18)8-12(19)10-13/h8-10H,2-7H2,1H3,(H2,20,21,25,26). The average Bonchev–Trinajstić information content (AvgIpc) is 2.84. The number of amides is 4. The van der Waals surface area contributed by atoms with E-state index in [2.05, 4.69) is 15.5 Å². The molecule has 1 aromatic rings. The van der Waals surface area contributed by atoms with E-state index in [9.17, 15) is 14.4 Å². The quantitative estimate of drug-likeness (QED) is 0.760. The van der Waals surface area contributed by atoms with Crippen molar-refractivity contribution in [1.82, 2.24) is 15.5 Å². The van der Waals surface area contributed by atoms with Gasteiger partial charge in [0.15, 0.2) is 0 Å². The van der Waals surface area contributed by atoms with E-state index in [1.807, 2.05) is 12.1 Å². The summed E-state index contributed by atoms with van der Waals surface area (Å²) in [5.74, 6) is -0.415. The number of carbonyl (C=O) groups is 3. The molecule has 1 atom stereocenters. The van der Waals surface area contributed by atoms with Crippen LogP contribution in [-0.2, 0) is 9.59 Å². The minimum atomic E-state index is -1.02. The molecule has 0 aromatic heterocycles. The first-order chi connectivity index (χ1) is 12.3. The Balaban J connectivity index is 1.52. The summed E-state index contributed by atoms with van der Waals surface area (Å²) in [7, 11) is 0. The Bertz CT molecular complexity index is 729. The molecule has 4 amide bonds. The maximum absolute atomic E-state index is 12.5. The molecule has 0 aliphatic carbocycles. The van der Waals surface area contributed by atoms with Gasteiger partial charge in [-0.05, 0) is 31.5 Å². The van der Waals surface area contributed by atoms with E-state index in [4.69, 9.17) is 23.2 Å². The third-order valence-electron chi connectivity index (χ3n) is 4.80. The average molecular weight is 399 g/mol. The van der Waals surface area contributed by atoms with Crippen LogP contribution in [0.4, 0.5) is 10.5 Å². The van der Waals surface area contributed by atoms with Crippen molar-refractivity contribution in [2.75, 3.05) is 31.1 Å². The lowest BCUT2D eigenvalue weighted by Gasteiger charge is -2.36. The first-order valence-corrected chi connectivity index (χ1v) is 9.15. The van der Waals surface area contributed by atoms with Gasteiger partial charge in [0.05, 0.1) is 0 Å². The molecule has 2 aliphatic rings. The summed E-state index contributed by atoms with van der Waals surface area (Å²) in [5, 5.41) is 5.93. The highest BCUT2D eigenvalue weighted by Gasteiger charge is 2.42. The topological polar surface area (TPSA) is 81.8 Å². The van der Waals surface area contributed by atoms with Gasteiger partial charge in [0.2, 0.25) is 5.91 Å². The first kappa shape index (κ1) is 18.8. The fraction of sp³-hybridized carbons (Fsp3) is 0.471. The molecule has 1 unspecified atom stereocenters. The van der Waals surface area contributed by atoms with Crippen molar-refractivity contribution in [2.24, 2.45) is 0 Å². The predicted octanol–water partition coefficient (Wildman–Crippen LogP) is 2.02. The number of halogens is 2. The largest absolute Gasteiger partial charge is 0.368 e. The Labute approximate surface area is 161 Å². The molecule has 3 rings (SSSR count). The molecule has 1 aromatic carbocycles. The molecule has 2 saturated heterocycles. The zero-order valence-electron chi connectivity index (χ0n) is 14.3. The van der Waals surface area contributed by atoms with Crippen LogP contribution in [0.25, 0.3) is 0 Å². The van der Waals surface area contributed by atoms with Gasteiger partial charge in [-0.15, -0.1) is 0 Å². The van der Waals surface area contributed by atoms with Crippen LogP contribution >= 0.6 is 23.2 Å². The molecule has 0 bridgehead atoms. The Kier molecular flexibility index (Phi) is 5.29. The molecule has 9 heteroatoms. The fourth-order valence-electron chi connectivity index (χ4n) is 3.21. The summed E-state index contributed by atoms with van der Waals surface area (Å²) in [6.45, 7) is 4.14. The smallest absolute Gasteiger partial charge is 0.322 e. The molecular weight excluding hydrogens is 379 g/mol. The Morgan fingerprint density at radius 2 is 1.73 bits per heavy atom. The third-order valence-corrected chi connectivity index (χ3v) is 5.24. The van der Waals surface area contributed by atoms with Crippen LogP contribution in [0.1, 0.15) is 19.8 Å². The van der Waals surface area contributed by atoms with Gasteiger partial charge in [0.25, 0.3) is 5.91 Å². The predicted molar refractivity (Wildman–Crippen MR) is 99.6 cm³/mol. The van der Waals surface area contributed by atoms with E-state index in [0.29, 0.717) is 36.2 Å². The second kappa shape index (κ2) is 7.32. The van der Waals surface area contributed by atoms with Crippen molar-refractivity contribution >= 4 is 46.7 Å². The van der Waals surface area contributed by atoms with Gasteiger partial charge in [-0.1, -0.05) is 23.2 Å². The molecule has 2 aliphatic heterocycles. The number of benzene rings is 1. The number of hydrogen-bond donors (Lipinski definition) is 2. The Morgan fingerprint density at radius 3 is 2.27 bits per heavy atom. The summed E-state index contributed by atoms with van der Waals surface area (Å²) in [5.41, 5.74) is -0.0843. The van der Waals surface area contributed by atoms with Crippen LogP contribution in [0, 0.1) is 0 Å². The maximum atomic E-state index is 12.5. The number of rotatable bonds is 4. The lowest BCUT2D eigenvalue weighted by molar-refractivity contribution is -0.132. The van der Waals surface area contributed by atoms with Crippen LogP contribution in [0.5, 0.6) is 0 Å². The van der Waals surface area contributed by atoms with E-state index in [1.54, 1.807) is 17.9 Å². The highest BCUT2D eigenvalue weighted by Crippen LogP contribution is 2.26. The SMILES string of the molecule is CC1(CCC(=O)N2CCN(c3cc(Cl)cc(Cl)c3)CC2)NC(=O)NC1=O. The van der Waals surface area contributed by atoms with Gasteiger partial charge in [0.1, 0.15) is 5.54 Å². The number of piperazine rings is 1. The van der Waals surface area contributed by atoms with E-state index < -0.39 is 17.5 Å². The first-order valence-electron chi connectivity index (χ1n) is 8.39. The summed E-state index contributed by atoms with van der Waals surface area (Å²) >= 11 is 12.1. The monoisotopic (exact) mass is 398 g/mol. The minimum Gasteiger partial charge on any atom is -0.368 e. The number of hydrogen-bond acceptors (Lipinski definition) is 4. The lowest BCUT2D eigenvalue weighted by atomic mass is 9.96. The van der Waals surface area contributed by atoms with Gasteiger partial charge in [-0.2, -0.15) is 0 Å². The third kappa shape index (κ3) is 4.04. The number of nitrogens with one attached hydrogen (secondary N) is 2. The maximum Gasteiger partial charge on any atom is 0.322 e. The molecule has 0 radical (unpaired) electrons. The number of imide groups is 1. The molecule has 2 fully saturated rings. The number of carbonyl (C=O) groups excluding carboxylic acids is 3. The normalized spacial score (nSPS) is 23.0. The number of anilines is 1. The summed E-state index contributed by atoms with van der Waals surface area (Å²) in [6, 6.07) is 4.88. The van der Waals surface area contributed by atoms with Gasteiger partial charge in [-0.25, -0.2) is 4.79 Å². The molecule has 7 nitrogen and oxygen atoms in total. The van der Waals surface area contributed by atoms with Crippen LogP contribution < -0.4 is 15.5 Å². The van der Waals surface area contributed by atoms with Crippen LogP contribution in [-0.4, -0.2) is 54.5 Å². The van der Waals surface area contributed by atoms with Gasteiger partial charge in [-0.3, -0.25) is 14.9 Å². The van der Waals surface area contributed by atoms with E-state index in [0.717, 1.165) is 5.69 Å². The van der Waals surface area contributed by atoms with Crippen molar-refractivity contribution in [2.45, 2.75) is 25.3 Å². The van der Waals surface area contributed by atoms with Crippen molar-refractivity contribution in [3.8, 4) is 0 Å². The highest BCUT2D eigenvalue weighted by atomic mass is 35.5. The molecule has 2 N–H and O–H groups in total. The van der Waals surface area contributed by atoms with E-state index in [-0.39, 0.29) is 18.7 Å². The lowest BCUT2D eigenvalue weighted by Crippen LogP contribution is -2.50. The zero-order valence-corrected chi connectivity index (χ0v) is 15.9. The zero-order chi connectivity index (χ0) is 18.9. The molecule has 0 spiro atoms. The van der Waals surface area contributed by atoms with Crippen LogP contribution in [0.15, 0.2) is 18.2 Å². The van der Waals surface area contributed by atoms with E-state index >= 15 is 0 Å². The van der Waals surface area contributed by atoms with Gasteiger partial charge in [0, 0.05) is 48.3 Å². The van der Waals surface area contributed by atoms with Crippen LogP contribution in [0.2, 0.25) is 10.0 Å². The molecule has 140 valence electrons. The molecule has 0 saturated carbocycles. The molecule has 26 heavy (non-hydrogen) atoms. The van der Waals surface area contributed by atoms with Gasteiger partial charge >= 0.3 is 6.03 Å². The second-order valence-corrected chi connectivity index (χ2v) is 7.61. The molecular formula is C17H20Cl2N4O3. The number of nitrogens with zero attached hydrogens (tertiary/aromatic N) is 2. The summed E-state index contributed by atoms with van der Waals surface area (Å²) in [4.78, 5) is 39.4. The fourth-order valence-corrected chi connectivity index (χ4v) is 3.72. The minimum absolute atomic E-state index is 0.0241. The summed E-state index contributed by atoms with van der Waals surface area (Å²) in [6.07, 6.45) is 0.473. The van der Waals surface area contributed by atoms with Crippen molar-refractivity contribution in [3.63, 3.8) is 0 Å². The Hall–Kier alpha value is -1.99. The van der Waals surface area contributed by atoms with Gasteiger partial charge < -0.3 is 15.1 Å². The Morgan fingerprint density at radius 1 is 1.12 bits per heavy atom. The van der Waals surface area contributed by atoms with Crippen molar-refractivity contribution < 1.29 is 14.4 Å². The highest BCUT2D eigenvalue weighted by molar-refractivity contribution is 6.35. The summed E-state index contributed by atoms with van der Waals surface area (Å²) < 4.78 is 0. The van der Waals surface area contributed by atoms with Crippen molar-refractivity contribution in [3.05, 3.63) is 28.2 Å². The van der Waals surface area contributed by atoms with Crippen molar-refractivity contribution in [1.29, 1.82) is 0 Å².